The van der Waals surface area contributed by atoms with E-state index in [2.05, 4.69) is 4.90 Å². The number of carbonyl (C=O) groups is 2. The van der Waals surface area contributed by atoms with Crippen molar-refractivity contribution < 1.29 is 23.8 Å². The number of aliphatic carboxylic acids is 1. The molecule has 1 heterocycles. The van der Waals surface area contributed by atoms with Gasteiger partial charge in [0.25, 0.3) is 0 Å². The van der Waals surface area contributed by atoms with Crippen LogP contribution in [-0.4, -0.2) is 40.7 Å². The van der Waals surface area contributed by atoms with Crippen molar-refractivity contribution >= 4 is 17.7 Å². The quantitative estimate of drug-likeness (QED) is 0.601. The number of hydrogen-bond acceptors (Lipinski definition) is 4. The highest BCUT2D eigenvalue weighted by Crippen LogP contribution is 2.54. The number of carboxylic acids is 1. The molecule has 1 amide bonds. The molecular weight excluding hydrogens is 423 g/mol. The van der Waals surface area contributed by atoms with Crippen LogP contribution in [0.25, 0.3) is 0 Å². The number of nitrogens with zero attached hydrogens (tertiary/aromatic N) is 2. The van der Waals surface area contributed by atoms with Gasteiger partial charge >= 0.3 is 12.1 Å². The molecule has 2 aromatic carbocycles. The van der Waals surface area contributed by atoms with Gasteiger partial charge in [-0.05, 0) is 67.8 Å². The van der Waals surface area contributed by atoms with Crippen molar-refractivity contribution in [2.75, 3.05) is 11.4 Å². The number of amides is 1. The Labute approximate surface area is 192 Å². The lowest BCUT2D eigenvalue weighted by Crippen LogP contribution is -2.58. The van der Waals surface area contributed by atoms with Crippen LogP contribution >= 0.6 is 0 Å². The third-order valence-electron chi connectivity index (χ3n) is 7.18. The minimum absolute atomic E-state index is 0.0340. The number of hydrogen-bond donors (Lipinski definition) is 1. The van der Waals surface area contributed by atoms with Gasteiger partial charge in [-0.3, -0.25) is 14.6 Å². The van der Waals surface area contributed by atoms with Crippen LogP contribution in [0.1, 0.15) is 55.7 Å². The molecular formula is C26H29FN2O4. The Bertz CT molecular complexity index is 1030. The molecule has 5 rings (SSSR count). The topological polar surface area (TPSA) is 70.1 Å². The summed E-state index contributed by atoms with van der Waals surface area (Å²) < 4.78 is 20.0. The van der Waals surface area contributed by atoms with Crippen LogP contribution in [-0.2, 0) is 16.1 Å². The summed E-state index contributed by atoms with van der Waals surface area (Å²) >= 11 is 0. The highest BCUT2D eigenvalue weighted by atomic mass is 19.1. The Hall–Kier alpha value is -2.93. The molecule has 0 bridgehead atoms. The van der Waals surface area contributed by atoms with Gasteiger partial charge in [0.15, 0.2) is 0 Å². The second kappa shape index (κ2) is 9.14. The summed E-state index contributed by atoms with van der Waals surface area (Å²) in [5.41, 5.74) is 2.43. The first-order valence-electron chi connectivity index (χ1n) is 11.8. The van der Waals surface area contributed by atoms with Crippen LogP contribution in [0.15, 0.2) is 48.5 Å². The monoisotopic (exact) mass is 452 g/mol. The molecule has 0 aromatic heterocycles. The molecule has 0 saturated heterocycles. The summed E-state index contributed by atoms with van der Waals surface area (Å²) in [7, 11) is 0. The number of halogens is 1. The molecule has 3 aliphatic rings. The SMILES string of the molecule is O=C(O)CCCN(C1CC1)[C@H]1c2ccc(F)cc2N(C(=O)OCc2ccccc2)[C@@H]2CC[C@@H]21. The number of carboxylic acid groups (broad SMARTS) is 1. The minimum atomic E-state index is -0.786. The molecule has 2 saturated carbocycles. The molecule has 2 aromatic rings. The molecule has 2 aliphatic carbocycles. The third-order valence-corrected chi connectivity index (χ3v) is 7.18. The lowest BCUT2D eigenvalue weighted by Gasteiger charge is -2.55. The fourth-order valence-electron chi connectivity index (χ4n) is 5.40. The molecule has 7 heteroatoms. The van der Waals surface area contributed by atoms with Crippen molar-refractivity contribution in [3.8, 4) is 0 Å². The van der Waals surface area contributed by atoms with Crippen LogP contribution in [0.3, 0.4) is 0 Å². The maximum Gasteiger partial charge on any atom is 0.414 e. The molecule has 0 unspecified atom stereocenters. The molecule has 0 radical (unpaired) electrons. The van der Waals surface area contributed by atoms with E-state index >= 15 is 0 Å². The van der Waals surface area contributed by atoms with E-state index in [1.54, 1.807) is 11.0 Å². The molecule has 174 valence electrons. The Morgan fingerprint density at radius 2 is 1.88 bits per heavy atom. The van der Waals surface area contributed by atoms with E-state index < -0.39 is 12.1 Å². The maximum atomic E-state index is 14.4. The number of rotatable bonds is 8. The molecule has 1 aliphatic heterocycles. The zero-order valence-corrected chi connectivity index (χ0v) is 18.5. The van der Waals surface area contributed by atoms with Gasteiger partial charge in [-0.1, -0.05) is 36.4 Å². The van der Waals surface area contributed by atoms with Gasteiger partial charge in [0, 0.05) is 24.5 Å². The van der Waals surface area contributed by atoms with Crippen LogP contribution in [0.5, 0.6) is 0 Å². The predicted octanol–water partition coefficient (Wildman–Crippen LogP) is 5.13. The summed E-state index contributed by atoms with van der Waals surface area (Å²) in [6, 6.07) is 14.7. The van der Waals surface area contributed by atoms with Crippen LogP contribution < -0.4 is 4.90 Å². The predicted molar refractivity (Wildman–Crippen MR) is 121 cm³/mol. The smallest absolute Gasteiger partial charge is 0.414 e. The third kappa shape index (κ3) is 4.47. The van der Waals surface area contributed by atoms with E-state index in [0.717, 1.165) is 36.8 Å². The van der Waals surface area contributed by atoms with Crippen molar-refractivity contribution in [2.24, 2.45) is 5.92 Å². The van der Waals surface area contributed by atoms with Crippen molar-refractivity contribution in [2.45, 2.75) is 63.3 Å². The fourth-order valence-corrected chi connectivity index (χ4v) is 5.40. The highest BCUT2D eigenvalue weighted by Gasteiger charge is 2.52. The fraction of sp³-hybridized carbons (Fsp3) is 0.462. The first-order valence-corrected chi connectivity index (χ1v) is 11.8. The Morgan fingerprint density at radius 1 is 1.09 bits per heavy atom. The molecule has 6 nitrogen and oxygen atoms in total. The van der Waals surface area contributed by atoms with Crippen LogP contribution in [0.2, 0.25) is 0 Å². The first kappa shape index (κ1) is 21.9. The van der Waals surface area contributed by atoms with E-state index in [9.17, 15) is 14.0 Å². The summed E-state index contributed by atoms with van der Waals surface area (Å²) in [4.78, 5) is 28.4. The largest absolute Gasteiger partial charge is 0.481 e. The van der Waals surface area contributed by atoms with Gasteiger partial charge in [-0.2, -0.15) is 0 Å². The molecule has 3 atom stereocenters. The lowest BCUT2D eigenvalue weighted by molar-refractivity contribution is -0.137. The standard InChI is InChI=1S/C26H29FN2O4/c27-18-8-11-21-23(15-18)29(26(32)33-16-17-5-2-1-3-6-17)22-13-12-20(22)25(21)28(19-9-10-19)14-4-7-24(30)31/h1-3,5-6,8,11,15,19-20,22,25H,4,7,9-10,12-14,16H2,(H,30,31)/t20-,22+,25+/m0/s1. The first-order chi connectivity index (χ1) is 16.0. The van der Waals surface area contributed by atoms with E-state index in [4.69, 9.17) is 9.84 Å². The maximum absolute atomic E-state index is 14.4. The van der Waals surface area contributed by atoms with Crippen molar-refractivity contribution in [1.29, 1.82) is 0 Å². The van der Waals surface area contributed by atoms with Gasteiger partial charge in [0.05, 0.1) is 5.69 Å². The van der Waals surface area contributed by atoms with Crippen molar-refractivity contribution in [3.63, 3.8) is 0 Å². The summed E-state index contributed by atoms with van der Waals surface area (Å²) in [5.74, 6) is -0.932. The number of fused-ring (bicyclic) bond motifs is 2. The number of ether oxygens (including phenoxy) is 1. The van der Waals surface area contributed by atoms with Crippen molar-refractivity contribution in [3.05, 3.63) is 65.5 Å². The second-order valence-electron chi connectivity index (χ2n) is 9.33. The van der Waals surface area contributed by atoms with Gasteiger partial charge < -0.3 is 9.84 Å². The average Bonchev–Trinajstić information content (AvgIpc) is 3.62. The average molecular weight is 453 g/mol. The van der Waals surface area contributed by atoms with E-state index in [0.29, 0.717) is 24.7 Å². The second-order valence-corrected chi connectivity index (χ2v) is 9.33. The highest BCUT2D eigenvalue weighted by molar-refractivity contribution is 5.90. The molecule has 0 spiro atoms. The van der Waals surface area contributed by atoms with Gasteiger partial charge in [-0.25, -0.2) is 9.18 Å². The normalized spacial score (nSPS) is 23.5. The zero-order chi connectivity index (χ0) is 22.9. The molecule has 33 heavy (non-hydrogen) atoms. The summed E-state index contributed by atoms with van der Waals surface area (Å²) in [6.45, 7) is 0.866. The zero-order valence-electron chi connectivity index (χ0n) is 18.5. The summed E-state index contributed by atoms with van der Waals surface area (Å²) in [5, 5.41) is 9.09. The lowest BCUT2D eigenvalue weighted by atomic mass is 9.68. The van der Waals surface area contributed by atoms with E-state index in [-0.39, 0.29) is 36.8 Å². The Morgan fingerprint density at radius 3 is 2.55 bits per heavy atom. The van der Waals surface area contributed by atoms with E-state index in [1.807, 2.05) is 30.3 Å². The summed E-state index contributed by atoms with van der Waals surface area (Å²) in [6.07, 6.45) is 4.31. The van der Waals surface area contributed by atoms with Crippen molar-refractivity contribution in [1.82, 2.24) is 4.90 Å². The molecule has 1 N–H and O–H groups in total. The van der Waals surface area contributed by atoms with Crippen LogP contribution in [0, 0.1) is 11.7 Å². The van der Waals surface area contributed by atoms with Gasteiger partial charge in [0.1, 0.15) is 12.4 Å². The van der Waals surface area contributed by atoms with Gasteiger partial charge in [0.2, 0.25) is 0 Å². The molecule has 2 fully saturated rings. The van der Waals surface area contributed by atoms with Crippen LogP contribution in [0.4, 0.5) is 14.9 Å². The van der Waals surface area contributed by atoms with Gasteiger partial charge in [-0.15, -0.1) is 0 Å². The number of carbonyl (C=O) groups excluding carboxylic acids is 1. The number of anilines is 1. The number of benzene rings is 2. The Kier molecular flexibility index (Phi) is 6.06. The Balaban J connectivity index is 1.42. The minimum Gasteiger partial charge on any atom is -0.481 e. The van der Waals surface area contributed by atoms with E-state index in [1.165, 1.54) is 12.1 Å².